The molecule has 160 valence electrons. The second-order valence-corrected chi connectivity index (χ2v) is 9.89. The molecule has 1 N–H and O–H groups in total. The van der Waals surface area contributed by atoms with Crippen molar-refractivity contribution >= 4 is 27.3 Å². The molecule has 0 aliphatic carbocycles. The lowest BCUT2D eigenvalue weighted by Crippen LogP contribution is -2.41. The van der Waals surface area contributed by atoms with E-state index < -0.39 is 9.84 Å². The van der Waals surface area contributed by atoms with Gasteiger partial charge in [-0.05, 0) is 55.5 Å². The van der Waals surface area contributed by atoms with Crippen LogP contribution >= 0.6 is 0 Å². The largest absolute Gasteiger partial charge is 0.343 e. The highest BCUT2D eigenvalue weighted by molar-refractivity contribution is 7.90. The molecule has 0 aromatic heterocycles. The number of nitrogens with one attached hydrogen (secondary N) is 1. The first-order valence-corrected chi connectivity index (χ1v) is 12.1. The fourth-order valence-electron chi connectivity index (χ4n) is 3.69. The van der Waals surface area contributed by atoms with Gasteiger partial charge in [0.1, 0.15) is 0 Å². The third-order valence-electron chi connectivity index (χ3n) is 5.57. The standard InChI is InChI=1S/C23H28N2O4S/c1-17-16-20(30(2,28)29)9-10-21(17)24-23(27)19-12-14-25(15-13-19)22(26)11-8-18-6-4-3-5-7-18/h3-7,9-10,16,19H,8,11-15H2,1-2H3,(H,24,27). The number of rotatable bonds is 6. The zero-order valence-electron chi connectivity index (χ0n) is 17.4. The Labute approximate surface area is 178 Å². The van der Waals surface area contributed by atoms with Crippen molar-refractivity contribution in [3.05, 3.63) is 59.7 Å². The first-order valence-electron chi connectivity index (χ1n) is 10.2. The minimum absolute atomic E-state index is 0.0819. The maximum absolute atomic E-state index is 12.7. The Hall–Kier alpha value is -2.67. The summed E-state index contributed by atoms with van der Waals surface area (Å²) < 4.78 is 23.3. The van der Waals surface area contributed by atoms with Crippen LogP contribution in [0.2, 0.25) is 0 Å². The number of carbonyl (C=O) groups excluding carboxylic acids is 2. The van der Waals surface area contributed by atoms with E-state index in [1.54, 1.807) is 19.1 Å². The molecule has 2 aromatic carbocycles. The molecule has 0 radical (unpaired) electrons. The van der Waals surface area contributed by atoms with E-state index in [0.29, 0.717) is 43.6 Å². The van der Waals surface area contributed by atoms with Gasteiger partial charge in [-0.25, -0.2) is 8.42 Å². The lowest BCUT2D eigenvalue weighted by atomic mass is 9.95. The molecule has 0 unspecified atom stereocenters. The van der Waals surface area contributed by atoms with Gasteiger partial charge >= 0.3 is 0 Å². The average molecular weight is 429 g/mol. The van der Waals surface area contributed by atoms with Gasteiger partial charge in [-0.3, -0.25) is 9.59 Å². The van der Waals surface area contributed by atoms with Gasteiger partial charge in [0, 0.05) is 37.4 Å². The Morgan fingerprint density at radius 2 is 1.73 bits per heavy atom. The lowest BCUT2D eigenvalue weighted by molar-refractivity contribution is -0.134. The smallest absolute Gasteiger partial charge is 0.227 e. The molecule has 1 heterocycles. The molecule has 7 heteroatoms. The summed E-state index contributed by atoms with van der Waals surface area (Å²) in [5.74, 6) is -0.108. The highest BCUT2D eigenvalue weighted by atomic mass is 32.2. The van der Waals surface area contributed by atoms with Crippen LogP contribution in [-0.4, -0.2) is 44.5 Å². The van der Waals surface area contributed by atoms with Gasteiger partial charge in [-0.2, -0.15) is 0 Å². The minimum atomic E-state index is -3.28. The van der Waals surface area contributed by atoms with E-state index in [4.69, 9.17) is 0 Å². The maximum atomic E-state index is 12.7. The van der Waals surface area contributed by atoms with Gasteiger partial charge in [0.15, 0.2) is 9.84 Å². The highest BCUT2D eigenvalue weighted by Gasteiger charge is 2.27. The summed E-state index contributed by atoms with van der Waals surface area (Å²) in [5.41, 5.74) is 2.48. The van der Waals surface area contributed by atoms with Crippen LogP contribution in [-0.2, 0) is 25.8 Å². The molecule has 2 amide bonds. The molecule has 0 spiro atoms. The quantitative estimate of drug-likeness (QED) is 0.766. The van der Waals surface area contributed by atoms with Crippen molar-refractivity contribution in [1.82, 2.24) is 4.90 Å². The second-order valence-electron chi connectivity index (χ2n) is 7.88. The molecule has 2 aromatic rings. The Kier molecular flexibility index (Phi) is 6.92. The molecule has 0 bridgehead atoms. The van der Waals surface area contributed by atoms with Crippen molar-refractivity contribution in [3.63, 3.8) is 0 Å². The summed E-state index contributed by atoms with van der Waals surface area (Å²) in [6.07, 6.45) is 3.62. The third-order valence-corrected chi connectivity index (χ3v) is 6.68. The highest BCUT2D eigenvalue weighted by Crippen LogP contribution is 2.23. The Morgan fingerprint density at radius 1 is 1.07 bits per heavy atom. The van der Waals surface area contributed by atoms with Gasteiger partial charge in [0.05, 0.1) is 4.90 Å². The normalized spacial score (nSPS) is 15.1. The predicted octanol–water partition coefficient (Wildman–Crippen LogP) is 3.21. The summed E-state index contributed by atoms with van der Waals surface area (Å²) in [4.78, 5) is 27.2. The van der Waals surface area contributed by atoms with Gasteiger partial charge in [-0.1, -0.05) is 30.3 Å². The fourth-order valence-corrected chi connectivity index (χ4v) is 4.39. The number of benzene rings is 2. The number of nitrogens with zero attached hydrogens (tertiary/aromatic N) is 1. The van der Waals surface area contributed by atoms with Crippen LogP contribution in [0.1, 0.15) is 30.4 Å². The lowest BCUT2D eigenvalue weighted by Gasteiger charge is -2.31. The predicted molar refractivity (Wildman–Crippen MR) is 117 cm³/mol. The first kappa shape index (κ1) is 22.0. The number of sulfone groups is 1. The topological polar surface area (TPSA) is 83.6 Å². The molecule has 0 saturated carbocycles. The number of amides is 2. The van der Waals surface area contributed by atoms with Crippen molar-refractivity contribution in [2.24, 2.45) is 5.92 Å². The summed E-state index contributed by atoms with van der Waals surface area (Å²) in [5, 5.41) is 2.91. The van der Waals surface area contributed by atoms with E-state index in [2.05, 4.69) is 5.32 Å². The summed E-state index contributed by atoms with van der Waals surface area (Å²) >= 11 is 0. The minimum Gasteiger partial charge on any atom is -0.343 e. The van der Waals surface area contributed by atoms with Gasteiger partial charge in [0.25, 0.3) is 0 Å². The van der Waals surface area contributed by atoms with Crippen molar-refractivity contribution < 1.29 is 18.0 Å². The van der Waals surface area contributed by atoms with Crippen molar-refractivity contribution in [2.45, 2.75) is 37.5 Å². The molecule has 0 atom stereocenters. The molecule has 1 aliphatic heterocycles. The van der Waals surface area contributed by atoms with Crippen LogP contribution in [0.3, 0.4) is 0 Å². The monoisotopic (exact) mass is 428 g/mol. The van der Waals surface area contributed by atoms with Crippen LogP contribution in [0, 0.1) is 12.8 Å². The molecule has 30 heavy (non-hydrogen) atoms. The van der Waals surface area contributed by atoms with E-state index in [-0.39, 0.29) is 22.6 Å². The average Bonchev–Trinajstić information content (AvgIpc) is 2.73. The third kappa shape index (κ3) is 5.69. The first-order chi connectivity index (χ1) is 14.2. The number of hydrogen-bond donors (Lipinski definition) is 1. The SMILES string of the molecule is Cc1cc(S(C)(=O)=O)ccc1NC(=O)C1CCN(C(=O)CCc2ccccc2)CC1. The van der Waals surface area contributed by atoms with E-state index in [9.17, 15) is 18.0 Å². The van der Waals surface area contributed by atoms with Gasteiger partial charge in [0.2, 0.25) is 11.8 Å². The van der Waals surface area contributed by atoms with Crippen LogP contribution in [0.4, 0.5) is 5.69 Å². The number of carbonyl (C=O) groups is 2. The molecule has 1 fully saturated rings. The van der Waals surface area contributed by atoms with Gasteiger partial charge < -0.3 is 10.2 Å². The molecule has 3 rings (SSSR count). The Morgan fingerprint density at radius 3 is 2.33 bits per heavy atom. The van der Waals surface area contributed by atoms with Crippen LogP contribution in [0.5, 0.6) is 0 Å². The molecule has 1 aliphatic rings. The van der Waals surface area contributed by atoms with Crippen LogP contribution in [0.15, 0.2) is 53.4 Å². The number of aryl methyl sites for hydroxylation is 2. The van der Waals surface area contributed by atoms with Crippen molar-refractivity contribution in [1.29, 1.82) is 0 Å². The van der Waals surface area contributed by atoms with Crippen molar-refractivity contribution in [3.8, 4) is 0 Å². The fraction of sp³-hybridized carbons (Fsp3) is 0.391. The van der Waals surface area contributed by atoms with Gasteiger partial charge in [-0.15, -0.1) is 0 Å². The van der Waals surface area contributed by atoms with Crippen molar-refractivity contribution in [2.75, 3.05) is 24.7 Å². The zero-order valence-corrected chi connectivity index (χ0v) is 18.2. The number of piperidine rings is 1. The summed E-state index contributed by atoms with van der Waals surface area (Å²) in [7, 11) is -3.28. The summed E-state index contributed by atoms with van der Waals surface area (Å²) in [6, 6.07) is 14.7. The number of likely N-dealkylation sites (tertiary alicyclic amines) is 1. The second kappa shape index (κ2) is 9.43. The zero-order chi connectivity index (χ0) is 21.7. The Bertz CT molecular complexity index is 1010. The molecule has 1 saturated heterocycles. The summed E-state index contributed by atoms with van der Waals surface area (Å²) in [6.45, 7) is 2.94. The maximum Gasteiger partial charge on any atom is 0.227 e. The molecular formula is C23H28N2O4S. The van der Waals surface area contributed by atoms with E-state index in [1.165, 1.54) is 6.07 Å². The van der Waals surface area contributed by atoms with Crippen LogP contribution < -0.4 is 5.32 Å². The Balaban J connectivity index is 1.50. The van der Waals surface area contributed by atoms with E-state index >= 15 is 0 Å². The number of hydrogen-bond acceptors (Lipinski definition) is 4. The molecular weight excluding hydrogens is 400 g/mol. The molecule has 6 nitrogen and oxygen atoms in total. The van der Waals surface area contributed by atoms with E-state index in [1.807, 2.05) is 35.2 Å². The number of anilines is 1. The van der Waals surface area contributed by atoms with Crippen LogP contribution in [0.25, 0.3) is 0 Å². The van der Waals surface area contributed by atoms with E-state index in [0.717, 1.165) is 18.2 Å².